The molecule has 132 valence electrons. The summed E-state index contributed by atoms with van der Waals surface area (Å²) in [5, 5.41) is 2.98. The Morgan fingerprint density at radius 3 is 2.22 bits per heavy atom. The number of halogens is 1. The Kier molecular flexibility index (Phi) is 9.02. The van der Waals surface area contributed by atoms with Crippen molar-refractivity contribution in [3.05, 3.63) is 23.3 Å². The highest BCUT2D eigenvalue weighted by Crippen LogP contribution is 2.32. The van der Waals surface area contributed by atoms with Crippen molar-refractivity contribution in [2.45, 2.75) is 46.2 Å². The van der Waals surface area contributed by atoms with Crippen LogP contribution >= 0.6 is 12.4 Å². The van der Waals surface area contributed by atoms with E-state index in [1.54, 1.807) is 14.2 Å². The summed E-state index contributed by atoms with van der Waals surface area (Å²) in [6.07, 6.45) is 0.873. The highest BCUT2D eigenvalue weighted by Gasteiger charge is 2.22. The van der Waals surface area contributed by atoms with Crippen molar-refractivity contribution in [1.82, 2.24) is 5.32 Å². The molecule has 0 fully saturated rings. The smallest absolute Gasteiger partial charge is 0.237 e. The SMILES string of the molecule is CCC(C)C(N)C(=O)NC(C)c1cc(OC)c(OC)cc1C.Cl. The molecule has 0 aliphatic carbocycles. The maximum atomic E-state index is 12.2. The van der Waals surface area contributed by atoms with Crippen LogP contribution in [0.2, 0.25) is 0 Å². The Bertz CT molecular complexity index is 523. The lowest BCUT2D eigenvalue weighted by Gasteiger charge is -2.23. The van der Waals surface area contributed by atoms with Crippen LogP contribution in [0.25, 0.3) is 0 Å². The van der Waals surface area contributed by atoms with Gasteiger partial charge < -0.3 is 20.5 Å². The Morgan fingerprint density at radius 1 is 1.22 bits per heavy atom. The first kappa shape index (κ1) is 21.5. The van der Waals surface area contributed by atoms with Crippen LogP contribution in [0.5, 0.6) is 11.5 Å². The summed E-state index contributed by atoms with van der Waals surface area (Å²) in [4.78, 5) is 12.2. The number of carbonyl (C=O) groups is 1. The van der Waals surface area contributed by atoms with E-state index in [9.17, 15) is 4.79 Å². The third-order valence-electron chi connectivity index (χ3n) is 4.16. The minimum Gasteiger partial charge on any atom is -0.493 e. The van der Waals surface area contributed by atoms with E-state index in [-0.39, 0.29) is 30.3 Å². The first-order valence-electron chi connectivity index (χ1n) is 7.64. The Morgan fingerprint density at radius 2 is 1.74 bits per heavy atom. The van der Waals surface area contributed by atoms with Gasteiger partial charge in [-0.2, -0.15) is 0 Å². The second kappa shape index (κ2) is 9.63. The molecule has 0 saturated carbocycles. The maximum absolute atomic E-state index is 12.2. The number of benzene rings is 1. The van der Waals surface area contributed by atoms with Crippen LogP contribution in [0.3, 0.4) is 0 Å². The van der Waals surface area contributed by atoms with Crippen LogP contribution < -0.4 is 20.5 Å². The van der Waals surface area contributed by atoms with E-state index in [1.165, 1.54) is 0 Å². The zero-order chi connectivity index (χ0) is 16.9. The molecule has 0 bridgehead atoms. The van der Waals surface area contributed by atoms with Crippen molar-refractivity contribution in [3.63, 3.8) is 0 Å². The monoisotopic (exact) mass is 344 g/mol. The largest absolute Gasteiger partial charge is 0.493 e. The van der Waals surface area contributed by atoms with Gasteiger partial charge in [0.2, 0.25) is 5.91 Å². The molecule has 6 heteroatoms. The van der Waals surface area contributed by atoms with Gasteiger partial charge in [-0.1, -0.05) is 20.3 Å². The van der Waals surface area contributed by atoms with Crippen LogP contribution in [0.1, 0.15) is 44.4 Å². The number of hydrogen-bond donors (Lipinski definition) is 2. The number of nitrogens with two attached hydrogens (primary N) is 1. The summed E-state index contributed by atoms with van der Waals surface area (Å²) in [5.41, 5.74) is 8.00. The number of methoxy groups -OCH3 is 2. The fourth-order valence-electron chi connectivity index (χ4n) is 2.36. The number of amides is 1. The van der Waals surface area contributed by atoms with E-state index < -0.39 is 6.04 Å². The first-order valence-corrected chi connectivity index (χ1v) is 7.64. The van der Waals surface area contributed by atoms with Gasteiger partial charge in [0, 0.05) is 0 Å². The van der Waals surface area contributed by atoms with Crippen LogP contribution in [0.15, 0.2) is 12.1 Å². The first-order chi connectivity index (χ1) is 10.3. The Balaban J connectivity index is 0.00000484. The summed E-state index contributed by atoms with van der Waals surface area (Å²) in [6.45, 7) is 7.93. The molecule has 0 radical (unpaired) electrons. The highest BCUT2D eigenvalue weighted by molar-refractivity contribution is 5.85. The lowest BCUT2D eigenvalue weighted by molar-refractivity contribution is -0.124. The molecule has 0 aliphatic rings. The summed E-state index contributed by atoms with van der Waals surface area (Å²) in [7, 11) is 3.20. The molecule has 5 nitrogen and oxygen atoms in total. The summed E-state index contributed by atoms with van der Waals surface area (Å²) < 4.78 is 10.6. The molecule has 0 spiro atoms. The Labute approximate surface area is 145 Å². The number of ether oxygens (including phenoxy) is 2. The van der Waals surface area contributed by atoms with E-state index in [1.807, 2.05) is 39.8 Å². The van der Waals surface area contributed by atoms with E-state index in [0.717, 1.165) is 17.5 Å². The van der Waals surface area contributed by atoms with Gasteiger partial charge in [0.05, 0.1) is 26.3 Å². The lowest BCUT2D eigenvalue weighted by atomic mass is 9.97. The van der Waals surface area contributed by atoms with Crippen molar-refractivity contribution < 1.29 is 14.3 Å². The minimum atomic E-state index is -0.493. The normalized spacial score (nSPS) is 14.2. The number of aryl methyl sites for hydroxylation is 1. The minimum absolute atomic E-state index is 0. The molecule has 3 unspecified atom stereocenters. The summed E-state index contributed by atoms with van der Waals surface area (Å²) >= 11 is 0. The molecule has 1 rings (SSSR count). The number of rotatable bonds is 7. The van der Waals surface area contributed by atoms with Crippen molar-refractivity contribution in [3.8, 4) is 11.5 Å². The number of carbonyl (C=O) groups excluding carboxylic acids is 1. The molecule has 1 aromatic rings. The second-order valence-corrected chi connectivity index (χ2v) is 5.71. The maximum Gasteiger partial charge on any atom is 0.237 e. The molecule has 0 heterocycles. The Hall–Kier alpha value is -1.46. The molecule has 0 saturated heterocycles. The summed E-state index contributed by atoms with van der Waals surface area (Å²) in [5.74, 6) is 1.35. The van der Waals surface area contributed by atoms with Crippen LogP contribution in [-0.2, 0) is 4.79 Å². The van der Waals surface area contributed by atoms with Gasteiger partial charge >= 0.3 is 0 Å². The lowest BCUT2D eigenvalue weighted by Crippen LogP contribution is -2.45. The summed E-state index contributed by atoms with van der Waals surface area (Å²) in [6, 6.07) is 3.16. The van der Waals surface area contributed by atoms with E-state index in [2.05, 4.69) is 5.32 Å². The van der Waals surface area contributed by atoms with E-state index in [4.69, 9.17) is 15.2 Å². The van der Waals surface area contributed by atoms with Gasteiger partial charge in [-0.05, 0) is 43.0 Å². The van der Waals surface area contributed by atoms with Gasteiger partial charge in [0.15, 0.2) is 11.5 Å². The zero-order valence-electron chi connectivity index (χ0n) is 14.8. The fraction of sp³-hybridized carbons (Fsp3) is 0.588. The number of hydrogen-bond acceptors (Lipinski definition) is 4. The van der Waals surface area contributed by atoms with Crippen molar-refractivity contribution >= 4 is 18.3 Å². The molecular weight excluding hydrogens is 316 g/mol. The molecule has 0 aromatic heterocycles. The highest BCUT2D eigenvalue weighted by atomic mass is 35.5. The molecule has 0 aliphatic heterocycles. The average Bonchev–Trinajstić information content (AvgIpc) is 2.52. The quantitative estimate of drug-likeness (QED) is 0.797. The van der Waals surface area contributed by atoms with Gasteiger partial charge in [-0.15, -0.1) is 12.4 Å². The van der Waals surface area contributed by atoms with Gasteiger partial charge in [-0.25, -0.2) is 0 Å². The second-order valence-electron chi connectivity index (χ2n) is 5.71. The zero-order valence-corrected chi connectivity index (χ0v) is 15.6. The van der Waals surface area contributed by atoms with Gasteiger partial charge in [-0.3, -0.25) is 4.79 Å². The topological polar surface area (TPSA) is 73.6 Å². The molecular formula is C17H29ClN2O3. The van der Waals surface area contributed by atoms with Crippen molar-refractivity contribution in [2.75, 3.05) is 14.2 Å². The van der Waals surface area contributed by atoms with Crippen LogP contribution in [0.4, 0.5) is 0 Å². The van der Waals surface area contributed by atoms with Gasteiger partial charge in [0.25, 0.3) is 0 Å². The van der Waals surface area contributed by atoms with E-state index in [0.29, 0.717) is 11.5 Å². The molecule has 3 atom stereocenters. The van der Waals surface area contributed by atoms with Crippen molar-refractivity contribution in [1.29, 1.82) is 0 Å². The third-order valence-corrected chi connectivity index (χ3v) is 4.16. The molecule has 1 aromatic carbocycles. The van der Waals surface area contributed by atoms with Gasteiger partial charge in [0.1, 0.15) is 0 Å². The van der Waals surface area contributed by atoms with E-state index >= 15 is 0 Å². The predicted octanol–water partition coefficient (Wildman–Crippen LogP) is 2.98. The molecule has 23 heavy (non-hydrogen) atoms. The molecule has 3 N–H and O–H groups in total. The third kappa shape index (κ3) is 5.29. The average molecular weight is 345 g/mol. The standard InChI is InChI=1S/C17H28N2O3.ClH/c1-7-10(2)16(18)17(20)19-12(4)13-9-15(22-6)14(21-5)8-11(13)3;/h8-10,12,16H,7,18H2,1-6H3,(H,19,20);1H. The predicted molar refractivity (Wildman–Crippen MR) is 95.5 cm³/mol. The van der Waals surface area contributed by atoms with Crippen molar-refractivity contribution in [2.24, 2.45) is 11.7 Å². The molecule has 1 amide bonds. The number of nitrogens with one attached hydrogen (secondary N) is 1. The fourth-order valence-corrected chi connectivity index (χ4v) is 2.36. The van der Waals surface area contributed by atoms with Crippen LogP contribution in [-0.4, -0.2) is 26.2 Å². The van der Waals surface area contributed by atoms with Crippen LogP contribution in [0, 0.1) is 12.8 Å².